The Morgan fingerprint density at radius 3 is 2.43 bits per heavy atom. The van der Waals surface area contributed by atoms with Crippen LogP contribution < -0.4 is 10.6 Å². The summed E-state index contributed by atoms with van der Waals surface area (Å²) in [5, 5.41) is 6.16. The molecule has 0 spiro atoms. The second-order valence-electron chi connectivity index (χ2n) is 13.7. The SMILES string of the molecule is CC(C)C[C@H](NC(=O)[C@H](Cc1ccccc1)NC(=O)C1CSc2ccccc2S1)B1O[C@@H]2C[C@@H]3C[C@@H](C3(C)C)[C@]2(C)O1. The van der Waals surface area contributed by atoms with Gasteiger partial charge in [0.1, 0.15) is 6.04 Å². The third-order valence-corrected chi connectivity index (χ3v) is 12.8. The number of carbonyl (C=O) groups is 2. The Morgan fingerprint density at radius 1 is 1.00 bits per heavy atom. The molecule has 7 atom stereocenters. The summed E-state index contributed by atoms with van der Waals surface area (Å²) in [5.41, 5.74) is 0.914. The van der Waals surface area contributed by atoms with Crippen LogP contribution >= 0.6 is 23.5 Å². The van der Waals surface area contributed by atoms with Crippen molar-refractivity contribution < 1.29 is 18.9 Å². The molecule has 2 aromatic rings. The molecule has 3 aliphatic carbocycles. The van der Waals surface area contributed by atoms with E-state index in [-0.39, 0.29) is 40.1 Å². The molecule has 2 amide bonds. The molecule has 2 aliphatic heterocycles. The molecule has 3 saturated carbocycles. The topological polar surface area (TPSA) is 76.7 Å². The van der Waals surface area contributed by atoms with Crippen molar-refractivity contribution in [3.63, 3.8) is 0 Å². The lowest BCUT2D eigenvalue weighted by Gasteiger charge is -2.64. The van der Waals surface area contributed by atoms with E-state index in [0.29, 0.717) is 29.9 Å². The number of benzene rings is 2. The van der Waals surface area contributed by atoms with Crippen molar-refractivity contribution in [2.75, 3.05) is 5.75 Å². The number of rotatable bonds is 9. The van der Waals surface area contributed by atoms with Gasteiger partial charge in [-0.25, -0.2) is 0 Å². The molecular formula is C33H43BN2O4S2. The molecule has 224 valence electrons. The highest BCUT2D eigenvalue weighted by Gasteiger charge is 2.68. The van der Waals surface area contributed by atoms with Gasteiger partial charge in [0.05, 0.1) is 22.9 Å². The molecule has 2 aromatic carbocycles. The van der Waals surface area contributed by atoms with E-state index in [4.69, 9.17) is 9.31 Å². The van der Waals surface area contributed by atoms with Crippen LogP contribution in [0.3, 0.4) is 0 Å². The zero-order valence-electron chi connectivity index (χ0n) is 25.3. The maximum Gasteiger partial charge on any atom is 0.481 e. The summed E-state index contributed by atoms with van der Waals surface area (Å²) in [7, 11) is -0.503. The standard InChI is InChI=1S/C33H43BN2O4S2/c1-20(2)15-29(34-39-28-18-22-17-27(32(22,3)4)33(28,5)40-34)36-30(37)23(16-21-11-7-6-8-12-21)35-31(38)26-19-41-24-13-9-10-14-25(24)42-26/h6-14,20,22-23,26-29H,15-19H2,1-5H3,(H,35,38)(H,36,37)/t22-,23-,26?,27-,28+,29-,33-/m0/s1. The summed E-state index contributed by atoms with van der Waals surface area (Å²) in [6, 6.07) is 17.4. The Balaban J connectivity index is 1.18. The second kappa shape index (κ2) is 11.9. The van der Waals surface area contributed by atoms with Crippen molar-refractivity contribution in [1.82, 2.24) is 10.6 Å². The normalized spacial score (nSPS) is 30.5. The Morgan fingerprint density at radius 2 is 1.71 bits per heavy atom. The van der Waals surface area contributed by atoms with Gasteiger partial charge in [-0.05, 0) is 67.1 Å². The first-order valence-electron chi connectivity index (χ1n) is 15.4. The van der Waals surface area contributed by atoms with E-state index in [1.807, 2.05) is 42.5 Å². The fourth-order valence-corrected chi connectivity index (χ4v) is 10.1. The van der Waals surface area contributed by atoms with Crippen molar-refractivity contribution in [2.24, 2.45) is 23.2 Å². The van der Waals surface area contributed by atoms with Crippen LogP contribution in [0.5, 0.6) is 0 Å². The maximum atomic E-state index is 14.0. The first-order valence-corrected chi connectivity index (χ1v) is 17.3. The molecule has 9 heteroatoms. The number of hydrogen-bond acceptors (Lipinski definition) is 6. The number of thioether (sulfide) groups is 2. The molecule has 2 bridgehead atoms. The number of nitrogens with one attached hydrogen (secondary N) is 2. The molecule has 1 unspecified atom stereocenters. The molecule has 1 saturated heterocycles. The van der Waals surface area contributed by atoms with Gasteiger partial charge in [-0.3, -0.25) is 9.59 Å². The molecule has 42 heavy (non-hydrogen) atoms. The highest BCUT2D eigenvalue weighted by molar-refractivity contribution is 8.06. The van der Waals surface area contributed by atoms with E-state index in [9.17, 15) is 9.59 Å². The van der Waals surface area contributed by atoms with Gasteiger partial charge in [0.25, 0.3) is 0 Å². The van der Waals surface area contributed by atoms with Crippen LogP contribution in [-0.4, -0.2) is 53.6 Å². The fraction of sp³-hybridized carbons (Fsp3) is 0.576. The molecule has 0 aromatic heterocycles. The van der Waals surface area contributed by atoms with E-state index < -0.39 is 13.2 Å². The van der Waals surface area contributed by atoms with Crippen LogP contribution in [0.1, 0.15) is 59.4 Å². The van der Waals surface area contributed by atoms with Gasteiger partial charge < -0.3 is 19.9 Å². The third-order valence-electron chi connectivity index (χ3n) is 10.1. The van der Waals surface area contributed by atoms with Crippen molar-refractivity contribution in [1.29, 1.82) is 0 Å². The summed E-state index contributed by atoms with van der Waals surface area (Å²) in [4.78, 5) is 29.9. The van der Waals surface area contributed by atoms with Gasteiger partial charge in [-0.2, -0.15) is 0 Å². The second-order valence-corrected chi connectivity index (χ2v) is 16.0. The van der Waals surface area contributed by atoms with Crippen LogP contribution in [0.25, 0.3) is 0 Å². The van der Waals surface area contributed by atoms with Crippen LogP contribution in [0.2, 0.25) is 0 Å². The molecule has 2 N–H and O–H groups in total. The Bertz CT molecular complexity index is 1310. The number of amides is 2. The van der Waals surface area contributed by atoms with Gasteiger partial charge in [0, 0.05) is 22.0 Å². The maximum absolute atomic E-state index is 14.0. The molecule has 6 nitrogen and oxygen atoms in total. The Hall–Kier alpha value is -1.94. The predicted octanol–water partition coefficient (Wildman–Crippen LogP) is 5.78. The van der Waals surface area contributed by atoms with E-state index >= 15 is 0 Å². The van der Waals surface area contributed by atoms with Gasteiger partial charge in [0.15, 0.2) is 0 Å². The van der Waals surface area contributed by atoms with Crippen molar-refractivity contribution in [2.45, 2.75) is 99.0 Å². The largest absolute Gasteiger partial charge is 0.481 e. The summed E-state index contributed by atoms with van der Waals surface area (Å²) in [5.74, 6) is 1.52. The molecule has 2 heterocycles. The van der Waals surface area contributed by atoms with Gasteiger partial charge in [-0.1, -0.05) is 70.2 Å². The molecule has 7 rings (SSSR count). The molecule has 4 fully saturated rings. The lowest BCUT2D eigenvalue weighted by Crippen LogP contribution is -2.65. The molecule has 0 radical (unpaired) electrons. The van der Waals surface area contributed by atoms with Crippen molar-refractivity contribution >= 4 is 42.5 Å². The zero-order valence-corrected chi connectivity index (χ0v) is 26.9. The number of carbonyl (C=O) groups excluding carboxylic acids is 2. The summed E-state index contributed by atoms with van der Waals surface area (Å²) >= 11 is 3.27. The van der Waals surface area contributed by atoms with Gasteiger partial charge in [-0.15, -0.1) is 23.5 Å². The van der Waals surface area contributed by atoms with Crippen LogP contribution in [0.15, 0.2) is 64.4 Å². The average molecular weight is 607 g/mol. The summed E-state index contributed by atoms with van der Waals surface area (Å²) in [6.07, 6.45) is 3.39. The highest BCUT2D eigenvalue weighted by Crippen LogP contribution is 2.65. The lowest BCUT2D eigenvalue weighted by molar-refractivity contribution is -0.199. The number of fused-ring (bicyclic) bond motifs is 1. The molecular weight excluding hydrogens is 563 g/mol. The van der Waals surface area contributed by atoms with Gasteiger partial charge >= 0.3 is 7.12 Å². The van der Waals surface area contributed by atoms with Crippen molar-refractivity contribution in [3.05, 3.63) is 60.2 Å². The van der Waals surface area contributed by atoms with E-state index in [0.717, 1.165) is 23.3 Å². The van der Waals surface area contributed by atoms with Crippen molar-refractivity contribution in [3.8, 4) is 0 Å². The quantitative estimate of drug-likeness (QED) is 0.353. The predicted molar refractivity (Wildman–Crippen MR) is 170 cm³/mol. The lowest BCUT2D eigenvalue weighted by atomic mass is 9.43. The Kier molecular flexibility index (Phi) is 8.51. The smallest absolute Gasteiger partial charge is 0.404 e. The summed E-state index contributed by atoms with van der Waals surface area (Å²) < 4.78 is 13.4. The minimum Gasteiger partial charge on any atom is -0.404 e. The van der Waals surface area contributed by atoms with Crippen LogP contribution in [-0.2, 0) is 25.3 Å². The van der Waals surface area contributed by atoms with Crippen LogP contribution in [0, 0.1) is 23.2 Å². The highest BCUT2D eigenvalue weighted by atomic mass is 32.2. The van der Waals surface area contributed by atoms with Gasteiger partial charge in [0.2, 0.25) is 11.8 Å². The van der Waals surface area contributed by atoms with E-state index in [1.54, 1.807) is 23.5 Å². The fourth-order valence-electron chi connectivity index (χ4n) is 7.57. The van der Waals surface area contributed by atoms with E-state index in [1.165, 1.54) is 11.3 Å². The number of hydrogen-bond donors (Lipinski definition) is 2. The third kappa shape index (κ3) is 5.79. The Labute approximate surface area is 259 Å². The first kappa shape index (κ1) is 30.1. The minimum atomic E-state index is -0.705. The first-order chi connectivity index (χ1) is 20.0. The van der Waals surface area contributed by atoms with E-state index in [2.05, 4.69) is 57.4 Å². The average Bonchev–Trinajstić information content (AvgIpc) is 3.33. The monoisotopic (exact) mass is 606 g/mol. The molecule has 5 aliphatic rings. The summed E-state index contributed by atoms with van der Waals surface area (Å²) in [6.45, 7) is 11.2. The van der Waals surface area contributed by atoms with Crippen LogP contribution in [0.4, 0.5) is 0 Å². The zero-order chi connectivity index (χ0) is 29.6. The minimum absolute atomic E-state index is 0.0503.